The molecule has 0 fully saturated rings. The first-order chi connectivity index (χ1) is 8.66. The number of benzene rings is 1. The number of hydrogen-bond acceptors (Lipinski definition) is 3. The number of thioether (sulfide) groups is 1. The zero-order valence-electron chi connectivity index (χ0n) is 9.27. The Morgan fingerprint density at radius 3 is 2.72 bits per heavy atom. The van der Waals surface area contributed by atoms with E-state index in [-0.39, 0.29) is 5.78 Å². The van der Waals surface area contributed by atoms with Crippen LogP contribution in [0.3, 0.4) is 0 Å². The van der Waals surface area contributed by atoms with Crippen molar-refractivity contribution < 1.29 is 4.79 Å². The van der Waals surface area contributed by atoms with Crippen molar-refractivity contribution in [1.82, 2.24) is 4.98 Å². The number of carbonyl (C=O) groups excluding carboxylic acids is 1. The van der Waals surface area contributed by atoms with Crippen LogP contribution in [-0.4, -0.2) is 16.5 Å². The van der Waals surface area contributed by atoms with Gasteiger partial charge in [-0.25, -0.2) is 4.98 Å². The Kier molecular flexibility index (Phi) is 4.80. The molecule has 92 valence electrons. The fourth-order valence-corrected chi connectivity index (χ4v) is 2.55. The number of Topliss-reactive ketones (excluding diaryl/α,β-unsaturated/α-hetero) is 1. The zero-order chi connectivity index (χ0) is 13.0. The average Bonchev–Trinajstić information content (AvgIpc) is 2.38. The van der Waals surface area contributed by atoms with Gasteiger partial charge in [-0.15, -0.1) is 0 Å². The summed E-state index contributed by atoms with van der Waals surface area (Å²) in [6, 6.07) is 10.8. The van der Waals surface area contributed by atoms with Crippen LogP contribution in [0.2, 0.25) is 5.02 Å². The van der Waals surface area contributed by atoms with E-state index in [0.29, 0.717) is 16.3 Å². The van der Waals surface area contributed by atoms with Gasteiger partial charge in [0.1, 0.15) is 0 Å². The van der Waals surface area contributed by atoms with E-state index < -0.39 is 0 Å². The number of nitrogens with zero attached hydrogens (tertiary/aromatic N) is 1. The minimum Gasteiger partial charge on any atom is -0.293 e. The van der Waals surface area contributed by atoms with E-state index in [1.165, 1.54) is 11.8 Å². The highest BCUT2D eigenvalue weighted by Crippen LogP contribution is 2.21. The molecular formula is C13H9BrClNOS. The highest BCUT2D eigenvalue weighted by atomic mass is 79.9. The van der Waals surface area contributed by atoms with E-state index in [1.54, 1.807) is 18.3 Å². The van der Waals surface area contributed by atoms with E-state index in [0.717, 1.165) is 9.50 Å². The average molecular weight is 343 g/mol. The van der Waals surface area contributed by atoms with Crippen LogP contribution in [0.5, 0.6) is 0 Å². The molecule has 1 heterocycles. The molecule has 0 unspecified atom stereocenters. The van der Waals surface area contributed by atoms with Gasteiger partial charge in [-0.2, -0.15) is 0 Å². The quantitative estimate of drug-likeness (QED) is 0.606. The van der Waals surface area contributed by atoms with Gasteiger partial charge in [-0.3, -0.25) is 4.79 Å². The number of pyridine rings is 1. The third-order valence-electron chi connectivity index (χ3n) is 2.23. The van der Waals surface area contributed by atoms with Crippen molar-refractivity contribution >= 4 is 45.1 Å². The van der Waals surface area contributed by atoms with Gasteiger partial charge in [0.15, 0.2) is 5.78 Å². The van der Waals surface area contributed by atoms with Crippen LogP contribution in [0, 0.1) is 0 Å². The highest BCUT2D eigenvalue weighted by molar-refractivity contribution is 9.10. The van der Waals surface area contributed by atoms with Crippen molar-refractivity contribution in [3.05, 3.63) is 57.7 Å². The second-order valence-corrected chi connectivity index (χ2v) is 5.82. The summed E-state index contributed by atoms with van der Waals surface area (Å²) >= 11 is 10.7. The number of halogens is 2. The summed E-state index contributed by atoms with van der Waals surface area (Å²) in [7, 11) is 0. The van der Waals surface area contributed by atoms with Gasteiger partial charge in [0.05, 0.1) is 15.8 Å². The molecular weight excluding hydrogens is 334 g/mol. The standard InChI is InChI=1S/C13H9BrClNOS/c14-9-5-6-13(16-7-9)18-8-12(17)10-3-1-2-4-11(10)15/h1-7H,8H2. The lowest BCUT2D eigenvalue weighted by Crippen LogP contribution is -2.03. The highest BCUT2D eigenvalue weighted by Gasteiger charge is 2.10. The van der Waals surface area contributed by atoms with Crippen LogP contribution in [0.4, 0.5) is 0 Å². The summed E-state index contributed by atoms with van der Waals surface area (Å²) in [6.07, 6.45) is 1.71. The fraction of sp³-hybridized carbons (Fsp3) is 0.0769. The minimum absolute atomic E-state index is 0.00955. The minimum atomic E-state index is 0.00955. The molecule has 0 saturated heterocycles. The van der Waals surface area contributed by atoms with Crippen molar-refractivity contribution in [2.45, 2.75) is 5.03 Å². The molecule has 0 amide bonds. The number of carbonyl (C=O) groups is 1. The first-order valence-corrected chi connectivity index (χ1v) is 7.34. The molecule has 0 saturated carbocycles. The Morgan fingerprint density at radius 2 is 2.06 bits per heavy atom. The maximum Gasteiger partial charge on any atom is 0.174 e. The number of rotatable bonds is 4. The third kappa shape index (κ3) is 3.57. The van der Waals surface area contributed by atoms with Crippen molar-refractivity contribution in [3.63, 3.8) is 0 Å². The molecule has 2 aromatic rings. The van der Waals surface area contributed by atoms with Gasteiger partial charge in [0, 0.05) is 16.2 Å². The largest absolute Gasteiger partial charge is 0.293 e. The molecule has 0 N–H and O–H groups in total. The lowest BCUT2D eigenvalue weighted by Gasteiger charge is -2.03. The maximum absolute atomic E-state index is 12.0. The van der Waals surface area contributed by atoms with Crippen LogP contribution in [0.15, 0.2) is 52.1 Å². The smallest absolute Gasteiger partial charge is 0.174 e. The second-order valence-electron chi connectivity index (χ2n) is 3.51. The molecule has 2 rings (SSSR count). The number of ketones is 1. The van der Waals surface area contributed by atoms with Crippen LogP contribution in [0.1, 0.15) is 10.4 Å². The zero-order valence-corrected chi connectivity index (χ0v) is 12.4. The van der Waals surface area contributed by atoms with Crippen molar-refractivity contribution in [1.29, 1.82) is 0 Å². The summed E-state index contributed by atoms with van der Waals surface area (Å²) in [5.74, 6) is 0.341. The predicted molar refractivity (Wildman–Crippen MR) is 78.4 cm³/mol. The summed E-state index contributed by atoms with van der Waals surface area (Å²) in [5, 5.41) is 1.31. The van der Waals surface area contributed by atoms with Crippen LogP contribution < -0.4 is 0 Å². The molecule has 18 heavy (non-hydrogen) atoms. The Morgan fingerprint density at radius 1 is 1.28 bits per heavy atom. The van der Waals surface area contributed by atoms with Gasteiger partial charge >= 0.3 is 0 Å². The van der Waals surface area contributed by atoms with Crippen molar-refractivity contribution in [3.8, 4) is 0 Å². The van der Waals surface area contributed by atoms with Gasteiger partial charge in [-0.1, -0.05) is 35.5 Å². The van der Waals surface area contributed by atoms with Gasteiger partial charge in [0.25, 0.3) is 0 Å². The van der Waals surface area contributed by atoms with Crippen molar-refractivity contribution in [2.75, 3.05) is 5.75 Å². The first-order valence-electron chi connectivity index (χ1n) is 5.19. The molecule has 0 atom stereocenters. The van der Waals surface area contributed by atoms with E-state index in [9.17, 15) is 4.79 Å². The molecule has 0 aliphatic rings. The number of aromatic nitrogens is 1. The maximum atomic E-state index is 12.0. The fourth-order valence-electron chi connectivity index (χ4n) is 1.35. The molecule has 2 nitrogen and oxygen atoms in total. The number of hydrogen-bond donors (Lipinski definition) is 0. The molecule has 0 bridgehead atoms. The Hall–Kier alpha value is -0.840. The SMILES string of the molecule is O=C(CSc1ccc(Br)cn1)c1ccccc1Cl. The van der Waals surface area contributed by atoms with Crippen molar-refractivity contribution in [2.24, 2.45) is 0 Å². The van der Waals surface area contributed by atoms with E-state index in [1.807, 2.05) is 24.3 Å². The van der Waals surface area contributed by atoms with Crippen LogP contribution >= 0.6 is 39.3 Å². The molecule has 1 aromatic carbocycles. The summed E-state index contributed by atoms with van der Waals surface area (Å²) < 4.78 is 0.921. The topological polar surface area (TPSA) is 30.0 Å². The lowest BCUT2D eigenvalue weighted by molar-refractivity contribution is 0.102. The Labute approximate surface area is 123 Å². The Balaban J connectivity index is 2.01. The van der Waals surface area contributed by atoms with Gasteiger partial charge < -0.3 is 0 Å². The summed E-state index contributed by atoms with van der Waals surface area (Å²) in [4.78, 5) is 16.2. The van der Waals surface area contributed by atoms with Gasteiger partial charge in [0.2, 0.25) is 0 Å². The Bertz CT molecular complexity index is 559. The van der Waals surface area contributed by atoms with E-state index in [2.05, 4.69) is 20.9 Å². The molecule has 0 radical (unpaired) electrons. The summed E-state index contributed by atoms with van der Waals surface area (Å²) in [5.41, 5.74) is 0.559. The van der Waals surface area contributed by atoms with Gasteiger partial charge in [-0.05, 0) is 40.2 Å². The van der Waals surface area contributed by atoms with E-state index in [4.69, 9.17) is 11.6 Å². The van der Waals surface area contributed by atoms with Crippen LogP contribution in [0.25, 0.3) is 0 Å². The predicted octanol–water partition coefficient (Wildman–Crippen LogP) is 4.47. The van der Waals surface area contributed by atoms with Crippen LogP contribution in [-0.2, 0) is 0 Å². The monoisotopic (exact) mass is 341 g/mol. The second kappa shape index (κ2) is 6.36. The molecule has 5 heteroatoms. The molecule has 0 spiro atoms. The molecule has 1 aromatic heterocycles. The first kappa shape index (κ1) is 13.6. The summed E-state index contributed by atoms with van der Waals surface area (Å²) in [6.45, 7) is 0. The van der Waals surface area contributed by atoms with E-state index >= 15 is 0 Å². The molecule has 0 aliphatic carbocycles. The molecule has 0 aliphatic heterocycles. The normalized spacial score (nSPS) is 10.3. The lowest BCUT2D eigenvalue weighted by atomic mass is 10.1. The third-order valence-corrected chi connectivity index (χ3v) is 3.97.